The van der Waals surface area contributed by atoms with Gasteiger partial charge in [0.05, 0.1) is 5.60 Å². The Morgan fingerprint density at radius 3 is 2.18 bits per heavy atom. The molecule has 0 radical (unpaired) electrons. The van der Waals surface area contributed by atoms with Crippen molar-refractivity contribution in [3.8, 4) is 0 Å². The zero-order chi connectivity index (χ0) is 16.8. The third-order valence-corrected chi connectivity index (χ3v) is 5.16. The van der Waals surface area contributed by atoms with Crippen molar-refractivity contribution in [2.24, 2.45) is 11.8 Å². The normalized spacial score (nSPS) is 27.4. The Bertz CT molecular complexity index is 302. The van der Waals surface area contributed by atoms with Gasteiger partial charge in [0, 0.05) is 25.7 Å². The summed E-state index contributed by atoms with van der Waals surface area (Å²) in [6.07, 6.45) is 3.81. The summed E-state index contributed by atoms with van der Waals surface area (Å²) in [5.74, 6) is 1.69. The molecule has 0 bridgehead atoms. The molecule has 0 N–H and O–H groups in total. The van der Waals surface area contributed by atoms with Crippen LogP contribution < -0.4 is 0 Å². The van der Waals surface area contributed by atoms with Gasteiger partial charge in [-0.25, -0.2) is 0 Å². The van der Waals surface area contributed by atoms with Crippen molar-refractivity contribution in [1.29, 1.82) is 0 Å². The molecule has 0 spiro atoms. The Balaban J connectivity index is 0.000000220. The molecule has 1 unspecified atom stereocenters. The second kappa shape index (κ2) is 9.24. The largest absolute Gasteiger partial charge is 0.376 e. The van der Waals surface area contributed by atoms with Gasteiger partial charge in [-0.1, -0.05) is 13.8 Å². The smallest absolute Gasteiger partial charge is 0.0629 e. The van der Waals surface area contributed by atoms with E-state index in [1.165, 1.54) is 45.4 Å². The summed E-state index contributed by atoms with van der Waals surface area (Å²) in [6, 6.07) is 0.724. The molecule has 1 atom stereocenters. The first-order valence-electron chi connectivity index (χ1n) is 9.28. The highest BCUT2D eigenvalue weighted by Crippen LogP contribution is 2.32. The van der Waals surface area contributed by atoms with Crippen LogP contribution in [0.25, 0.3) is 0 Å². The summed E-state index contributed by atoms with van der Waals surface area (Å²) < 4.78 is 5.65. The third kappa shape index (κ3) is 7.43. The van der Waals surface area contributed by atoms with Crippen LogP contribution in [-0.4, -0.2) is 61.3 Å². The van der Waals surface area contributed by atoms with Gasteiger partial charge >= 0.3 is 0 Å². The minimum Gasteiger partial charge on any atom is -0.376 e. The monoisotopic (exact) mass is 312 g/mol. The number of ether oxygens (including phenoxy) is 1. The maximum atomic E-state index is 5.65. The molecule has 3 heteroatoms. The van der Waals surface area contributed by atoms with Crippen LogP contribution in [0.4, 0.5) is 0 Å². The lowest BCUT2D eigenvalue weighted by Gasteiger charge is -2.37. The summed E-state index contributed by atoms with van der Waals surface area (Å²) >= 11 is 0. The van der Waals surface area contributed by atoms with Crippen LogP contribution in [0, 0.1) is 11.8 Å². The van der Waals surface area contributed by atoms with Gasteiger partial charge in [-0.05, 0) is 78.9 Å². The average molecular weight is 313 g/mol. The fourth-order valence-electron chi connectivity index (χ4n) is 3.43. The van der Waals surface area contributed by atoms with Gasteiger partial charge < -0.3 is 9.64 Å². The minimum absolute atomic E-state index is 0.132. The molecule has 132 valence electrons. The van der Waals surface area contributed by atoms with E-state index in [0.29, 0.717) is 0 Å². The highest BCUT2D eigenvalue weighted by atomic mass is 16.5. The first kappa shape index (κ1) is 19.9. The van der Waals surface area contributed by atoms with Gasteiger partial charge in [0.15, 0.2) is 0 Å². The summed E-state index contributed by atoms with van der Waals surface area (Å²) in [5, 5.41) is 0. The molecule has 2 aliphatic rings. The molecule has 0 aromatic carbocycles. The number of rotatable bonds is 2. The van der Waals surface area contributed by atoms with Gasteiger partial charge in [-0.3, -0.25) is 4.90 Å². The molecule has 0 amide bonds. The lowest BCUT2D eigenvalue weighted by molar-refractivity contribution is -0.0799. The number of hydrogen-bond donors (Lipinski definition) is 0. The van der Waals surface area contributed by atoms with E-state index in [1.807, 2.05) is 0 Å². The molecular weight excluding hydrogens is 272 g/mol. The van der Waals surface area contributed by atoms with Crippen LogP contribution in [0.2, 0.25) is 0 Å². The van der Waals surface area contributed by atoms with E-state index in [1.54, 1.807) is 0 Å². The molecule has 2 saturated heterocycles. The Kier molecular flexibility index (Phi) is 8.37. The zero-order valence-corrected chi connectivity index (χ0v) is 16.2. The van der Waals surface area contributed by atoms with E-state index in [0.717, 1.165) is 24.5 Å². The van der Waals surface area contributed by atoms with Crippen LogP contribution in [0.5, 0.6) is 0 Å². The van der Waals surface area contributed by atoms with Crippen molar-refractivity contribution in [2.45, 2.75) is 72.4 Å². The van der Waals surface area contributed by atoms with Crippen molar-refractivity contribution in [3.63, 3.8) is 0 Å². The van der Waals surface area contributed by atoms with Crippen molar-refractivity contribution in [1.82, 2.24) is 9.80 Å². The Morgan fingerprint density at radius 1 is 1.00 bits per heavy atom. The lowest BCUT2D eigenvalue weighted by atomic mass is 9.81. The van der Waals surface area contributed by atoms with Crippen LogP contribution in [0.15, 0.2) is 0 Å². The van der Waals surface area contributed by atoms with Gasteiger partial charge in [0.25, 0.3) is 0 Å². The molecule has 2 rings (SSSR count). The van der Waals surface area contributed by atoms with Crippen molar-refractivity contribution in [2.75, 3.05) is 39.8 Å². The second-order valence-electron chi connectivity index (χ2n) is 8.39. The van der Waals surface area contributed by atoms with E-state index < -0.39 is 0 Å². The van der Waals surface area contributed by atoms with Crippen LogP contribution in [0.3, 0.4) is 0 Å². The third-order valence-electron chi connectivity index (χ3n) is 5.16. The summed E-state index contributed by atoms with van der Waals surface area (Å²) in [7, 11) is 2.21. The first-order valence-corrected chi connectivity index (χ1v) is 9.28. The van der Waals surface area contributed by atoms with E-state index in [9.17, 15) is 0 Å². The van der Waals surface area contributed by atoms with Crippen LogP contribution >= 0.6 is 0 Å². The van der Waals surface area contributed by atoms with E-state index in [4.69, 9.17) is 4.74 Å². The Morgan fingerprint density at radius 2 is 1.68 bits per heavy atom. The molecule has 0 aromatic heterocycles. The van der Waals surface area contributed by atoms with Crippen molar-refractivity contribution < 1.29 is 4.74 Å². The first-order chi connectivity index (χ1) is 10.2. The van der Waals surface area contributed by atoms with Crippen molar-refractivity contribution >= 4 is 0 Å². The van der Waals surface area contributed by atoms with E-state index in [2.05, 4.69) is 58.4 Å². The molecule has 2 heterocycles. The second-order valence-corrected chi connectivity index (χ2v) is 8.39. The number of likely N-dealkylation sites (N-methyl/N-ethyl adjacent to an activating group) is 1. The highest BCUT2D eigenvalue weighted by Gasteiger charge is 2.29. The molecule has 0 aliphatic carbocycles. The Labute approximate surface area is 139 Å². The lowest BCUT2D eigenvalue weighted by Crippen LogP contribution is -2.35. The van der Waals surface area contributed by atoms with Gasteiger partial charge in [0.1, 0.15) is 0 Å². The van der Waals surface area contributed by atoms with E-state index >= 15 is 0 Å². The highest BCUT2D eigenvalue weighted by molar-refractivity contribution is 4.80. The molecule has 2 fully saturated rings. The summed E-state index contributed by atoms with van der Waals surface area (Å²) in [5.41, 5.74) is 0.132. The fraction of sp³-hybridized carbons (Fsp3) is 1.00. The SMILES string of the molecule is CC(C)C1CCOC(C)(C)C1.CC(C)N1CCCN(C)CC1. The molecule has 22 heavy (non-hydrogen) atoms. The topological polar surface area (TPSA) is 15.7 Å². The van der Waals surface area contributed by atoms with Crippen LogP contribution in [0.1, 0.15) is 60.8 Å². The predicted molar refractivity (Wildman–Crippen MR) is 96.4 cm³/mol. The van der Waals surface area contributed by atoms with E-state index in [-0.39, 0.29) is 5.60 Å². The van der Waals surface area contributed by atoms with Gasteiger partial charge in [0.2, 0.25) is 0 Å². The summed E-state index contributed by atoms with van der Waals surface area (Å²) in [4.78, 5) is 4.98. The predicted octanol–water partition coefficient (Wildman–Crippen LogP) is 3.88. The van der Waals surface area contributed by atoms with Gasteiger partial charge in [-0.15, -0.1) is 0 Å². The maximum Gasteiger partial charge on any atom is 0.0629 e. The number of hydrogen-bond acceptors (Lipinski definition) is 3. The molecule has 3 nitrogen and oxygen atoms in total. The molecule has 0 aromatic rings. The Hall–Kier alpha value is -0.120. The fourth-order valence-corrected chi connectivity index (χ4v) is 3.43. The molecule has 0 saturated carbocycles. The molecular formula is C19H40N2O. The van der Waals surface area contributed by atoms with Crippen LogP contribution in [-0.2, 0) is 4.74 Å². The van der Waals surface area contributed by atoms with Gasteiger partial charge in [-0.2, -0.15) is 0 Å². The standard InChI is InChI=1S/C10H20O.C9H20N2/c1-8(2)9-5-6-11-10(3,4)7-9;1-9(2)11-6-4-5-10(3)7-8-11/h8-9H,5-7H2,1-4H3;9H,4-8H2,1-3H3. The minimum atomic E-state index is 0.132. The molecule has 2 aliphatic heterocycles. The summed E-state index contributed by atoms with van der Waals surface area (Å²) in [6.45, 7) is 19.6. The quantitative estimate of drug-likeness (QED) is 0.769. The number of nitrogens with zero attached hydrogens (tertiary/aromatic N) is 2. The zero-order valence-electron chi connectivity index (χ0n) is 16.2. The maximum absolute atomic E-state index is 5.65. The average Bonchev–Trinajstić information content (AvgIpc) is 2.63. The van der Waals surface area contributed by atoms with Crippen molar-refractivity contribution in [3.05, 3.63) is 0 Å².